The van der Waals surface area contributed by atoms with Gasteiger partial charge >= 0.3 is 0 Å². The Kier molecular flexibility index (Phi) is 6.50. The number of anilines is 1. The molecule has 4 aromatic rings. The number of carbonyl (C=O) groups excluding carboxylic acids is 1. The molecular formula is C24H24N4O4. The first-order valence-corrected chi connectivity index (χ1v) is 10.3. The zero-order valence-corrected chi connectivity index (χ0v) is 17.9. The van der Waals surface area contributed by atoms with Crippen molar-refractivity contribution in [1.29, 1.82) is 0 Å². The number of ether oxygens (including phenoxy) is 2. The minimum Gasteiger partial charge on any atom is -0.494 e. The van der Waals surface area contributed by atoms with Gasteiger partial charge in [0.1, 0.15) is 30.2 Å². The van der Waals surface area contributed by atoms with Crippen LogP contribution in [0.1, 0.15) is 34.4 Å². The lowest BCUT2D eigenvalue weighted by atomic mass is 10.1. The Bertz CT molecular complexity index is 1180. The van der Waals surface area contributed by atoms with Gasteiger partial charge in [-0.05, 0) is 55.8 Å². The molecule has 8 heteroatoms. The van der Waals surface area contributed by atoms with Crippen LogP contribution in [0.25, 0.3) is 0 Å². The molecule has 0 aliphatic carbocycles. The first-order chi connectivity index (χ1) is 15.6. The standard InChI is InChI=1S/C24H24N4O4/c1-3-30-19-7-9-20(10-8-19)31-15-21-11-12-22(32-21)23(29)26-24-25-16-28(27-24)14-18-6-4-5-17(2)13-18/h4-13,16H,3,14-15H2,1-2H3,(H,26,27,29). The van der Waals surface area contributed by atoms with Crippen molar-refractivity contribution in [3.8, 4) is 11.5 Å². The quantitative estimate of drug-likeness (QED) is 0.420. The summed E-state index contributed by atoms with van der Waals surface area (Å²) < 4.78 is 18.4. The molecule has 1 amide bonds. The Morgan fingerprint density at radius 2 is 1.84 bits per heavy atom. The van der Waals surface area contributed by atoms with Gasteiger partial charge in [-0.3, -0.25) is 10.1 Å². The van der Waals surface area contributed by atoms with Gasteiger partial charge in [-0.1, -0.05) is 29.8 Å². The molecule has 0 aliphatic rings. The van der Waals surface area contributed by atoms with Gasteiger partial charge in [0.15, 0.2) is 5.76 Å². The first-order valence-electron chi connectivity index (χ1n) is 10.3. The summed E-state index contributed by atoms with van der Waals surface area (Å²) in [5, 5.41) is 6.95. The van der Waals surface area contributed by atoms with Crippen LogP contribution in [0.2, 0.25) is 0 Å². The Morgan fingerprint density at radius 3 is 2.59 bits per heavy atom. The molecule has 0 radical (unpaired) electrons. The zero-order valence-electron chi connectivity index (χ0n) is 17.9. The third kappa shape index (κ3) is 5.54. The van der Waals surface area contributed by atoms with Crippen LogP contribution in [0, 0.1) is 6.92 Å². The highest BCUT2D eigenvalue weighted by Gasteiger charge is 2.14. The minimum atomic E-state index is -0.425. The van der Waals surface area contributed by atoms with Crippen LogP contribution < -0.4 is 14.8 Å². The van der Waals surface area contributed by atoms with Crippen LogP contribution in [0.15, 0.2) is 71.4 Å². The Labute approximate surface area is 185 Å². The summed E-state index contributed by atoms with van der Waals surface area (Å²) in [6, 6.07) is 18.8. The molecule has 2 heterocycles. The van der Waals surface area contributed by atoms with E-state index in [0.29, 0.717) is 24.7 Å². The molecule has 0 unspecified atom stereocenters. The molecule has 0 atom stereocenters. The number of rotatable bonds is 9. The van der Waals surface area contributed by atoms with E-state index in [1.54, 1.807) is 23.1 Å². The van der Waals surface area contributed by atoms with Gasteiger partial charge in [-0.2, -0.15) is 0 Å². The molecule has 1 N–H and O–H groups in total. The smallest absolute Gasteiger partial charge is 0.293 e. The molecule has 0 bridgehead atoms. The molecule has 2 aromatic carbocycles. The van der Waals surface area contributed by atoms with Crippen molar-refractivity contribution < 1.29 is 18.7 Å². The zero-order chi connectivity index (χ0) is 22.3. The average molecular weight is 432 g/mol. The van der Waals surface area contributed by atoms with Gasteiger partial charge in [0.25, 0.3) is 5.91 Å². The van der Waals surface area contributed by atoms with Gasteiger partial charge in [0, 0.05) is 0 Å². The van der Waals surface area contributed by atoms with Crippen LogP contribution in [0.4, 0.5) is 5.95 Å². The molecule has 32 heavy (non-hydrogen) atoms. The van der Waals surface area contributed by atoms with E-state index in [-0.39, 0.29) is 18.3 Å². The summed E-state index contributed by atoms with van der Waals surface area (Å²) in [7, 11) is 0. The fraction of sp³-hybridized carbons (Fsp3) is 0.208. The van der Waals surface area contributed by atoms with Crippen LogP contribution in [-0.4, -0.2) is 27.3 Å². The van der Waals surface area contributed by atoms with Crippen molar-refractivity contribution in [2.24, 2.45) is 0 Å². The van der Waals surface area contributed by atoms with Gasteiger partial charge in [-0.15, -0.1) is 5.10 Å². The van der Waals surface area contributed by atoms with Crippen LogP contribution in [0.5, 0.6) is 11.5 Å². The van der Waals surface area contributed by atoms with Crippen LogP contribution in [0.3, 0.4) is 0 Å². The summed E-state index contributed by atoms with van der Waals surface area (Å²) in [5.41, 5.74) is 2.28. The number of aromatic nitrogens is 3. The predicted octanol–water partition coefficient (Wildman–Crippen LogP) is 4.46. The highest BCUT2D eigenvalue weighted by Crippen LogP contribution is 2.19. The van der Waals surface area contributed by atoms with Crippen molar-refractivity contribution >= 4 is 11.9 Å². The monoisotopic (exact) mass is 432 g/mol. The number of amides is 1. The summed E-state index contributed by atoms with van der Waals surface area (Å²) in [4.78, 5) is 16.6. The Hall–Kier alpha value is -4.07. The van der Waals surface area contributed by atoms with E-state index >= 15 is 0 Å². The maximum absolute atomic E-state index is 12.5. The van der Waals surface area contributed by atoms with E-state index in [1.807, 2.05) is 56.3 Å². The molecule has 2 aromatic heterocycles. The largest absolute Gasteiger partial charge is 0.494 e. The minimum absolute atomic E-state index is 0.158. The second kappa shape index (κ2) is 9.82. The number of aryl methyl sites for hydroxylation is 1. The predicted molar refractivity (Wildman–Crippen MR) is 119 cm³/mol. The summed E-state index contributed by atoms with van der Waals surface area (Å²) in [5.74, 6) is 1.94. The molecule has 8 nitrogen and oxygen atoms in total. The Balaban J connectivity index is 1.30. The number of carbonyl (C=O) groups is 1. The number of hydrogen-bond donors (Lipinski definition) is 1. The van der Waals surface area contributed by atoms with E-state index < -0.39 is 5.91 Å². The van der Waals surface area contributed by atoms with E-state index in [0.717, 1.165) is 11.3 Å². The molecule has 0 aliphatic heterocycles. The summed E-state index contributed by atoms with van der Waals surface area (Å²) in [6.45, 7) is 5.35. The third-order valence-corrected chi connectivity index (χ3v) is 4.59. The van der Waals surface area contributed by atoms with Gasteiger partial charge in [0.05, 0.1) is 13.2 Å². The Morgan fingerprint density at radius 1 is 1.06 bits per heavy atom. The van der Waals surface area contributed by atoms with Gasteiger partial charge in [0.2, 0.25) is 5.95 Å². The van der Waals surface area contributed by atoms with Crippen molar-refractivity contribution in [1.82, 2.24) is 14.8 Å². The highest BCUT2D eigenvalue weighted by molar-refractivity contribution is 6.01. The molecule has 0 fully saturated rings. The van der Waals surface area contributed by atoms with Crippen molar-refractivity contribution in [2.45, 2.75) is 27.0 Å². The number of hydrogen-bond acceptors (Lipinski definition) is 6. The molecule has 0 saturated carbocycles. The van der Waals surface area contributed by atoms with Crippen LogP contribution in [-0.2, 0) is 13.2 Å². The third-order valence-electron chi connectivity index (χ3n) is 4.59. The molecule has 4 rings (SSSR count). The normalized spacial score (nSPS) is 10.7. The van der Waals surface area contributed by atoms with E-state index in [9.17, 15) is 4.79 Å². The van der Waals surface area contributed by atoms with E-state index in [2.05, 4.69) is 21.5 Å². The molecule has 0 spiro atoms. The average Bonchev–Trinajstić information content (AvgIpc) is 3.43. The van der Waals surface area contributed by atoms with Crippen molar-refractivity contribution in [3.63, 3.8) is 0 Å². The number of benzene rings is 2. The summed E-state index contributed by atoms with van der Waals surface area (Å²) in [6.07, 6.45) is 1.58. The fourth-order valence-electron chi connectivity index (χ4n) is 3.12. The van der Waals surface area contributed by atoms with Crippen molar-refractivity contribution in [3.05, 3.63) is 89.6 Å². The molecule has 164 valence electrons. The van der Waals surface area contributed by atoms with Crippen molar-refractivity contribution in [2.75, 3.05) is 11.9 Å². The van der Waals surface area contributed by atoms with Gasteiger partial charge in [-0.25, -0.2) is 9.67 Å². The second-order valence-electron chi connectivity index (χ2n) is 7.17. The lowest BCUT2D eigenvalue weighted by Gasteiger charge is -2.06. The maximum atomic E-state index is 12.5. The maximum Gasteiger partial charge on any atom is 0.293 e. The summed E-state index contributed by atoms with van der Waals surface area (Å²) >= 11 is 0. The SMILES string of the molecule is CCOc1ccc(OCc2ccc(C(=O)Nc3ncn(Cc4cccc(C)c4)n3)o2)cc1. The fourth-order valence-corrected chi connectivity index (χ4v) is 3.12. The van der Waals surface area contributed by atoms with Gasteiger partial charge < -0.3 is 13.9 Å². The second-order valence-corrected chi connectivity index (χ2v) is 7.17. The number of furan rings is 1. The number of nitrogens with one attached hydrogen (secondary N) is 1. The topological polar surface area (TPSA) is 91.4 Å². The molecular weight excluding hydrogens is 408 g/mol. The highest BCUT2D eigenvalue weighted by atomic mass is 16.5. The van der Waals surface area contributed by atoms with E-state index in [1.165, 1.54) is 5.56 Å². The molecule has 0 saturated heterocycles. The van der Waals surface area contributed by atoms with E-state index in [4.69, 9.17) is 13.9 Å². The lowest BCUT2D eigenvalue weighted by Crippen LogP contribution is -2.12. The first kappa shape index (κ1) is 21.2. The van der Waals surface area contributed by atoms with Crippen LogP contribution >= 0.6 is 0 Å². The lowest BCUT2D eigenvalue weighted by molar-refractivity contribution is 0.0991. The number of nitrogens with zero attached hydrogens (tertiary/aromatic N) is 3.